The zero-order valence-electron chi connectivity index (χ0n) is 11.7. The molecule has 0 saturated carbocycles. The second-order valence-electron chi connectivity index (χ2n) is 5.15. The molecule has 0 spiro atoms. The SMILES string of the molecule is COc1cc(C)c(-c2cccc3c2CCN3)cc1C. The van der Waals surface area contributed by atoms with Crippen LogP contribution in [0.2, 0.25) is 0 Å². The number of fused-ring (bicyclic) bond motifs is 1. The molecule has 0 atom stereocenters. The minimum absolute atomic E-state index is 0.965. The average Bonchev–Trinajstić information content (AvgIpc) is 2.89. The molecule has 2 aromatic rings. The fourth-order valence-corrected chi connectivity index (χ4v) is 2.90. The van der Waals surface area contributed by atoms with E-state index >= 15 is 0 Å². The highest BCUT2D eigenvalue weighted by molar-refractivity contribution is 5.78. The summed E-state index contributed by atoms with van der Waals surface area (Å²) in [6.45, 7) is 5.29. The van der Waals surface area contributed by atoms with E-state index in [-0.39, 0.29) is 0 Å². The quantitative estimate of drug-likeness (QED) is 0.875. The molecule has 0 fully saturated rings. The molecule has 98 valence electrons. The standard InChI is InChI=1S/C17H19NO/c1-11-10-17(19-3)12(2)9-15(11)13-5-4-6-16-14(13)7-8-18-16/h4-6,9-10,18H,7-8H2,1-3H3. The van der Waals surface area contributed by atoms with Crippen LogP contribution in [0.1, 0.15) is 16.7 Å². The van der Waals surface area contributed by atoms with Gasteiger partial charge in [-0.2, -0.15) is 0 Å². The largest absolute Gasteiger partial charge is 0.496 e. The number of aryl methyl sites for hydroxylation is 2. The Morgan fingerprint density at radius 2 is 1.89 bits per heavy atom. The summed E-state index contributed by atoms with van der Waals surface area (Å²) in [5.41, 5.74) is 7.85. The lowest BCUT2D eigenvalue weighted by molar-refractivity contribution is 0.411. The van der Waals surface area contributed by atoms with Crippen molar-refractivity contribution in [3.05, 3.63) is 47.0 Å². The molecule has 1 aliphatic heterocycles. The van der Waals surface area contributed by atoms with Crippen LogP contribution in [-0.4, -0.2) is 13.7 Å². The minimum atomic E-state index is 0.965. The first-order valence-corrected chi connectivity index (χ1v) is 6.72. The van der Waals surface area contributed by atoms with Gasteiger partial charge in [-0.3, -0.25) is 0 Å². The minimum Gasteiger partial charge on any atom is -0.496 e. The van der Waals surface area contributed by atoms with Gasteiger partial charge in [0.1, 0.15) is 5.75 Å². The molecule has 1 heterocycles. The molecule has 19 heavy (non-hydrogen) atoms. The Hall–Kier alpha value is -1.96. The third kappa shape index (κ3) is 1.97. The number of methoxy groups -OCH3 is 1. The lowest BCUT2D eigenvalue weighted by Gasteiger charge is -2.14. The van der Waals surface area contributed by atoms with Gasteiger partial charge in [0.05, 0.1) is 7.11 Å². The van der Waals surface area contributed by atoms with Gasteiger partial charge >= 0.3 is 0 Å². The van der Waals surface area contributed by atoms with Crippen molar-refractivity contribution in [2.24, 2.45) is 0 Å². The van der Waals surface area contributed by atoms with Gasteiger partial charge in [-0.15, -0.1) is 0 Å². The highest BCUT2D eigenvalue weighted by Crippen LogP contribution is 2.36. The number of ether oxygens (including phenoxy) is 1. The summed E-state index contributed by atoms with van der Waals surface area (Å²) in [6.07, 6.45) is 1.11. The molecule has 0 aromatic heterocycles. The third-order valence-corrected chi connectivity index (χ3v) is 3.90. The van der Waals surface area contributed by atoms with Crippen molar-refractivity contribution in [1.29, 1.82) is 0 Å². The molecule has 0 aliphatic carbocycles. The van der Waals surface area contributed by atoms with Crippen LogP contribution in [-0.2, 0) is 6.42 Å². The topological polar surface area (TPSA) is 21.3 Å². The van der Waals surface area contributed by atoms with Crippen LogP contribution < -0.4 is 10.1 Å². The lowest BCUT2D eigenvalue weighted by Crippen LogP contribution is -1.93. The first-order chi connectivity index (χ1) is 9.20. The second kappa shape index (κ2) is 4.61. The van der Waals surface area contributed by atoms with Crippen LogP contribution in [0.25, 0.3) is 11.1 Å². The fraction of sp³-hybridized carbons (Fsp3) is 0.294. The second-order valence-corrected chi connectivity index (χ2v) is 5.15. The Balaban J connectivity index is 2.18. The van der Waals surface area contributed by atoms with E-state index in [2.05, 4.69) is 49.5 Å². The van der Waals surface area contributed by atoms with Gasteiger partial charge in [0.15, 0.2) is 0 Å². The van der Waals surface area contributed by atoms with Gasteiger partial charge in [0.2, 0.25) is 0 Å². The van der Waals surface area contributed by atoms with Crippen LogP contribution in [0.5, 0.6) is 5.75 Å². The number of hydrogen-bond donors (Lipinski definition) is 1. The molecule has 2 nitrogen and oxygen atoms in total. The molecule has 1 N–H and O–H groups in total. The predicted molar refractivity (Wildman–Crippen MR) is 80.1 cm³/mol. The molecule has 0 radical (unpaired) electrons. The predicted octanol–water partition coefficient (Wildman–Crippen LogP) is 3.95. The summed E-state index contributed by atoms with van der Waals surface area (Å²) in [6, 6.07) is 10.9. The first kappa shape index (κ1) is 12.1. The molecule has 3 rings (SSSR count). The Labute approximate surface area is 114 Å². The van der Waals surface area contributed by atoms with E-state index in [4.69, 9.17) is 4.74 Å². The van der Waals surface area contributed by atoms with E-state index in [9.17, 15) is 0 Å². The molecule has 2 aromatic carbocycles. The number of hydrogen-bond acceptors (Lipinski definition) is 2. The Morgan fingerprint density at radius 1 is 1.05 bits per heavy atom. The smallest absolute Gasteiger partial charge is 0.122 e. The molecular formula is C17H19NO. The molecular weight excluding hydrogens is 234 g/mol. The molecule has 2 heteroatoms. The molecule has 0 saturated heterocycles. The Morgan fingerprint density at radius 3 is 2.68 bits per heavy atom. The van der Waals surface area contributed by atoms with E-state index in [1.54, 1.807) is 7.11 Å². The highest BCUT2D eigenvalue weighted by atomic mass is 16.5. The summed E-state index contributed by atoms with van der Waals surface area (Å²) < 4.78 is 5.40. The highest BCUT2D eigenvalue weighted by Gasteiger charge is 2.16. The van der Waals surface area contributed by atoms with Crippen LogP contribution in [0.4, 0.5) is 5.69 Å². The monoisotopic (exact) mass is 253 g/mol. The maximum absolute atomic E-state index is 5.40. The summed E-state index contributed by atoms with van der Waals surface area (Å²) in [7, 11) is 1.73. The molecule has 1 aliphatic rings. The maximum atomic E-state index is 5.40. The summed E-state index contributed by atoms with van der Waals surface area (Å²) in [5.74, 6) is 0.965. The van der Waals surface area contributed by atoms with Crippen molar-refractivity contribution < 1.29 is 4.74 Å². The normalized spacial score (nSPS) is 13.0. The van der Waals surface area contributed by atoms with E-state index in [0.29, 0.717) is 0 Å². The van der Waals surface area contributed by atoms with Gasteiger partial charge in [-0.1, -0.05) is 12.1 Å². The zero-order valence-corrected chi connectivity index (χ0v) is 11.7. The summed E-state index contributed by atoms with van der Waals surface area (Å²) in [4.78, 5) is 0. The molecule has 0 bridgehead atoms. The number of anilines is 1. The first-order valence-electron chi connectivity index (χ1n) is 6.72. The van der Waals surface area contributed by atoms with Crippen molar-refractivity contribution in [3.63, 3.8) is 0 Å². The van der Waals surface area contributed by atoms with Gasteiger partial charge < -0.3 is 10.1 Å². The maximum Gasteiger partial charge on any atom is 0.122 e. The van der Waals surface area contributed by atoms with Gasteiger partial charge in [-0.25, -0.2) is 0 Å². The van der Waals surface area contributed by atoms with Crippen molar-refractivity contribution in [1.82, 2.24) is 0 Å². The number of benzene rings is 2. The number of nitrogens with one attached hydrogen (secondary N) is 1. The van der Waals surface area contributed by atoms with E-state index in [0.717, 1.165) is 18.7 Å². The lowest BCUT2D eigenvalue weighted by atomic mass is 9.93. The van der Waals surface area contributed by atoms with E-state index in [1.165, 1.54) is 33.5 Å². The van der Waals surface area contributed by atoms with Gasteiger partial charge in [-0.05, 0) is 66.3 Å². The van der Waals surface area contributed by atoms with Crippen molar-refractivity contribution in [2.75, 3.05) is 19.0 Å². The Kier molecular flexibility index (Phi) is 2.94. The van der Waals surface area contributed by atoms with E-state index in [1.807, 2.05) is 0 Å². The van der Waals surface area contributed by atoms with Crippen LogP contribution in [0.15, 0.2) is 30.3 Å². The van der Waals surface area contributed by atoms with Gasteiger partial charge in [0, 0.05) is 12.2 Å². The van der Waals surface area contributed by atoms with Crippen molar-refractivity contribution >= 4 is 5.69 Å². The van der Waals surface area contributed by atoms with Crippen LogP contribution in [0, 0.1) is 13.8 Å². The molecule has 0 unspecified atom stereocenters. The molecule has 0 amide bonds. The summed E-state index contributed by atoms with van der Waals surface area (Å²) >= 11 is 0. The van der Waals surface area contributed by atoms with Crippen molar-refractivity contribution in [2.45, 2.75) is 20.3 Å². The Bertz CT molecular complexity index is 631. The third-order valence-electron chi connectivity index (χ3n) is 3.90. The summed E-state index contributed by atoms with van der Waals surface area (Å²) in [5, 5.41) is 3.44. The van der Waals surface area contributed by atoms with Crippen molar-refractivity contribution in [3.8, 4) is 16.9 Å². The van der Waals surface area contributed by atoms with Gasteiger partial charge in [0.25, 0.3) is 0 Å². The van der Waals surface area contributed by atoms with E-state index < -0.39 is 0 Å². The fourth-order valence-electron chi connectivity index (χ4n) is 2.90. The van der Waals surface area contributed by atoms with Crippen LogP contribution >= 0.6 is 0 Å². The average molecular weight is 253 g/mol. The van der Waals surface area contributed by atoms with Crippen LogP contribution in [0.3, 0.4) is 0 Å². The number of rotatable bonds is 2. The zero-order chi connectivity index (χ0) is 13.4.